The van der Waals surface area contributed by atoms with Crippen LogP contribution in [0.3, 0.4) is 0 Å². The number of unbranched alkanes of at least 4 members (excludes halogenated alkanes) is 7. The molecule has 29 heavy (non-hydrogen) atoms. The third-order valence-corrected chi connectivity index (χ3v) is 6.35. The Bertz CT molecular complexity index is 337. The molecule has 4 nitrogen and oxygen atoms in total. The zero-order valence-electron chi connectivity index (χ0n) is 20.2. The Balaban J connectivity index is 1.75. The predicted molar refractivity (Wildman–Crippen MR) is 130 cm³/mol. The van der Waals surface area contributed by atoms with E-state index in [1.807, 2.05) is 0 Å². The van der Waals surface area contributed by atoms with Crippen molar-refractivity contribution in [3.8, 4) is 0 Å². The SMILES string of the molecule is CCCCCCCCC(C)NCCCCNC[C@@H]1C[C@@H]1CNCCCCNCC. The molecule has 0 radical (unpaired) electrons. The van der Waals surface area contributed by atoms with Crippen LogP contribution in [-0.4, -0.2) is 51.9 Å². The molecule has 1 aliphatic carbocycles. The lowest BCUT2D eigenvalue weighted by Gasteiger charge is -2.13. The molecule has 1 aliphatic rings. The zero-order chi connectivity index (χ0) is 21.0. The molecule has 3 atom stereocenters. The Morgan fingerprint density at radius 3 is 1.83 bits per heavy atom. The van der Waals surface area contributed by atoms with Gasteiger partial charge in [-0.05, 0) is 103 Å². The second kappa shape index (κ2) is 19.8. The van der Waals surface area contributed by atoms with E-state index < -0.39 is 0 Å². The van der Waals surface area contributed by atoms with Crippen LogP contribution < -0.4 is 21.3 Å². The third kappa shape index (κ3) is 17.2. The second-order valence-corrected chi connectivity index (χ2v) is 9.34. The van der Waals surface area contributed by atoms with E-state index in [1.54, 1.807) is 0 Å². The van der Waals surface area contributed by atoms with E-state index in [9.17, 15) is 0 Å². The molecule has 0 amide bonds. The molecule has 0 aromatic carbocycles. The molecule has 1 saturated carbocycles. The topological polar surface area (TPSA) is 48.1 Å². The summed E-state index contributed by atoms with van der Waals surface area (Å²) in [6.07, 6.45) is 16.4. The van der Waals surface area contributed by atoms with Crippen molar-refractivity contribution in [2.75, 3.05) is 45.8 Å². The van der Waals surface area contributed by atoms with Gasteiger partial charge in [-0.1, -0.05) is 52.4 Å². The highest BCUT2D eigenvalue weighted by Crippen LogP contribution is 2.37. The van der Waals surface area contributed by atoms with Gasteiger partial charge in [-0.25, -0.2) is 0 Å². The van der Waals surface area contributed by atoms with Gasteiger partial charge < -0.3 is 21.3 Å². The molecule has 0 spiro atoms. The average molecular weight is 411 g/mol. The molecule has 0 aromatic heterocycles. The Morgan fingerprint density at radius 2 is 1.21 bits per heavy atom. The standard InChI is InChI=1S/C25H54N4/c1-4-6-7-8-9-10-15-23(3)29-19-14-13-18-28-22-25-20-24(25)21-27-17-12-11-16-26-5-2/h23-29H,4-22H2,1-3H3/t23?,24-,25+/m1/s1. The maximum absolute atomic E-state index is 3.71. The van der Waals surface area contributed by atoms with Crippen LogP contribution in [0.4, 0.5) is 0 Å². The summed E-state index contributed by atoms with van der Waals surface area (Å²) >= 11 is 0. The minimum Gasteiger partial charge on any atom is -0.317 e. The molecular weight excluding hydrogens is 356 g/mol. The average Bonchev–Trinajstić information content (AvgIpc) is 3.47. The summed E-state index contributed by atoms with van der Waals surface area (Å²) in [4.78, 5) is 0. The van der Waals surface area contributed by atoms with E-state index in [-0.39, 0.29) is 0 Å². The largest absolute Gasteiger partial charge is 0.317 e. The molecule has 0 aromatic rings. The van der Waals surface area contributed by atoms with E-state index in [0.29, 0.717) is 6.04 Å². The molecule has 0 bridgehead atoms. The second-order valence-electron chi connectivity index (χ2n) is 9.34. The highest BCUT2D eigenvalue weighted by molar-refractivity contribution is 4.89. The Morgan fingerprint density at radius 1 is 0.655 bits per heavy atom. The quantitative estimate of drug-likeness (QED) is 0.184. The number of hydrogen-bond donors (Lipinski definition) is 4. The third-order valence-electron chi connectivity index (χ3n) is 6.35. The fraction of sp³-hybridized carbons (Fsp3) is 1.00. The van der Waals surface area contributed by atoms with Gasteiger partial charge in [-0.15, -0.1) is 0 Å². The molecule has 4 heteroatoms. The molecule has 1 fully saturated rings. The van der Waals surface area contributed by atoms with Crippen molar-refractivity contribution in [3.63, 3.8) is 0 Å². The smallest absolute Gasteiger partial charge is 0.00387 e. The van der Waals surface area contributed by atoms with Gasteiger partial charge in [0, 0.05) is 6.04 Å². The molecular formula is C25H54N4. The fourth-order valence-corrected chi connectivity index (χ4v) is 4.12. The van der Waals surface area contributed by atoms with Gasteiger partial charge in [-0.3, -0.25) is 0 Å². The normalized spacial score (nSPS) is 19.6. The van der Waals surface area contributed by atoms with E-state index >= 15 is 0 Å². The van der Waals surface area contributed by atoms with E-state index in [2.05, 4.69) is 42.0 Å². The lowest BCUT2D eigenvalue weighted by Crippen LogP contribution is -2.28. The van der Waals surface area contributed by atoms with Gasteiger partial charge in [-0.2, -0.15) is 0 Å². The van der Waals surface area contributed by atoms with E-state index in [4.69, 9.17) is 0 Å². The molecule has 0 aliphatic heterocycles. The van der Waals surface area contributed by atoms with Crippen molar-refractivity contribution in [2.45, 2.75) is 104 Å². The predicted octanol–water partition coefficient (Wildman–Crippen LogP) is 4.70. The first-order chi connectivity index (χ1) is 14.3. The van der Waals surface area contributed by atoms with Crippen LogP contribution in [0.2, 0.25) is 0 Å². The summed E-state index contributed by atoms with van der Waals surface area (Å²) in [5.41, 5.74) is 0. The van der Waals surface area contributed by atoms with Crippen LogP contribution in [0.5, 0.6) is 0 Å². The summed E-state index contributed by atoms with van der Waals surface area (Å²) in [5.74, 6) is 1.86. The number of hydrogen-bond acceptors (Lipinski definition) is 4. The molecule has 1 rings (SSSR count). The minimum absolute atomic E-state index is 0.691. The van der Waals surface area contributed by atoms with Crippen LogP contribution in [0.15, 0.2) is 0 Å². The van der Waals surface area contributed by atoms with Crippen molar-refractivity contribution < 1.29 is 0 Å². The summed E-state index contributed by atoms with van der Waals surface area (Å²) in [6.45, 7) is 15.1. The highest BCUT2D eigenvalue weighted by Gasteiger charge is 2.35. The number of nitrogens with one attached hydrogen (secondary N) is 4. The van der Waals surface area contributed by atoms with Crippen molar-refractivity contribution in [3.05, 3.63) is 0 Å². The van der Waals surface area contributed by atoms with Gasteiger partial charge in [0.1, 0.15) is 0 Å². The van der Waals surface area contributed by atoms with Crippen LogP contribution in [0.25, 0.3) is 0 Å². The van der Waals surface area contributed by atoms with Crippen LogP contribution in [0.1, 0.15) is 97.8 Å². The van der Waals surface area contributed by atoms with Gasteiger partial charge in [0.05, 0.1) is 0 Å². The first kappa shape index (κ1) is 26.9. The van der Waals surface area contributed by atoms with Gasteiger partial charge in [0.15, 0.2) is 0 Å². The van der Waals surface area contributed by atoms with Crippen molar-refractivity contribution in [2.24, 2.45) is 11.8 Å². The summed E-state index contributed by atoms with van der Waals surface area (Å²) < 4.78 is 0. The van der Waals surface area contributed by atoms with Crippen molar-refractivity contribution >= 4 is 0 Å². The van der Waals surface area contributed by atoms with Gasteiger partial charge in [0.2, 0.25) is 0 Å². The zero-order valence-corrected chi connectivity index (χ0v) is 20.2. The Labute approximate surface area is 183 Å². The molecule has 174 valence electrons. The van der Waals surface area contributed by atoms with Crippen molar-refractivity contribution in [1.29, 1.82) is 0 Å². The van der Waals surface area contributed by atoms with Crippen LogP contribution in [-0.2, 0) is 0 Å². The van der Waals surface area contributed by atoms with Crippen LogP contribution in [0, 0.1) is 11.8 Å². The van der Waals surface area contributed by atoms with E-state index in [0.717, 1.165) is 18.4 Å². The Hall–Kier alpha value is -0.160. The fourth-order valence-electron chi connectivity index (χ4n) is 4.12. The lowest BCUT2D eigenvalue weighted by molar-refractivity contribution is 0.465. The van der Waals surface area contributed by atoms with E-state index in [1.165, 1.54) is 116 Å². The molecule has 4 N–H and O–H groups in total. The van der Waals surface area contributed by atoms with Gasteiger partial charge in [0.25, 0.3) is 0 Å². The van der Waals surface area contributed by atoms with Gasteiger partial charge >= 0.3 is 0 Å². The minimum atomic E-state index is 0.691. The maximum atomic E-state index is 3.71. The first-order valence-electron chi connectivity index (χ1n) is 13.1. The monoisotopic (exact) mass is 410 g/mol. The Kier molecular flexibility index (Phi) is 18.3. The maximum Gasteiger partial charge on any atom is 0.00387 e. The van der Waals surface area contributed by atoms with Crippen molar-refractivity contribution in [1.82, 2.24) is 21.3 Å². The van der Waals surface area contributed by atoms with Crippen LogP contribution >= 0.6 is 0 Å². The summed E-state index contributed by atoms with van der Waals surface area (Å²) in [7, 11) is 0. The molecule has 0 heterocycles. The number of rotatable bonds is 23. The summed E-state index contributed by atoms with van der Waals surface area (Å²) in [6, 6.07) is 0.691. The highest BCUT2D eigenvalue weighted by atomic mass is 14.9. The first-order valence-corrected chi connectivity index (χ1v) is 13.1. The summed E-state index contributed by atoms with van der Waals surface area (Å²) in [5, 5.41) is 14.4. The molecule has 0 saturated heterocycles. The molecule has 1 unspecified atom stereocenters. The lowest BCUT2D eigenvalue weighted by atomic mass is 10.1.